The van der Waals surface area contributed by atoms with Gasteiger partial charge in [0.1, 0.15) is 0 Å². The highest BCUT2D eigenvalue weighted by atomic mass is 79.9. The monoisotopic (exact) mass is 400 g/mol. The van der Waals surface area contributed by atoms with Crippen molar-refractivity contribution < 1.29 is 0 Å². The van der Waals surface area contributed by atoms with Crippen molar-refractivity contribution in [2.75, 3.05) is 0 Å². The summed E-state index contributed by atoms with van der Waals surface area (Å²) in [5, 5.41) is 0.151. The maximum absolute atomic E-state index is 6.42. The molecule has 17 heavy (non-hydrogen) atoms. The number of halogens is 3. The van der Waals surface area contributed by atoms with Gasteiger partial charge in [-0.15, -0.1) is 22.9 Å². The standard InChI is InChI=1S/C13H19Br2ClS/c1-2-3-4-5-6-7-8-11(16)10-9-12(14)17-13(10)15/h9,11H,2-8H2,1H3. The summed E-state index contributed by atoms with van der Waals surface area (Å²) in [6, 6.07) is 2.13. The minimum Gasteiger partial charge on any atom is -0.121 e. The maximum Gasteiger partial charge on any atom is 0.0757 e. The van der Waals surface area contributed by atoms with Crippen LogP contribution < -0.4 is 0 Å². The molecule has 1 unspecified atom stereocenters. The van der Waals surface area contributed by atoms with E-state index in [1.807, 2.05) is 0 Å². The van der Waals surface area contributed by atoms with Crippen molar-refractivity contribution in [3.05, 3.63) is 19.2 Å². The second-order valence-corrected chi connectivity index (χ2v) is 8.58. The zero-order valence-corrected chi connectivity index (χ0v) is 14.9. The number of unbranched alkanes of at least 4 members (excludes halogenated alkanes) is 5. The minimum absolute atomic E-state index is 0.151. The van der Waals surface area contributed by atoms with Crippen LogP contribution in [0.5, 0.6) is 0 Å². The van der Waals surface area contributed by atoms with Crippen molar-refractivity contribution in [1.29, 1.82) is 0 Å². The second kappa shape index (κ2) is 8.95. The lowest BCUT2D eigenvalue weighted by Crippen LogP contribution is -1.89. The molecule has 0 N–H and O–H groups in total. The van der Waals surface area contributed by atoms with E-state index in [4.69, 9.17) is 11.6 Å². The molecule has 0 fully saturated rings. The van der Waals surface area contributed by atoms with Crippen LogP contribution in [0.3, 0.4) is 0 Å². The van der Waals surface area contributed by atoms with E-state index in [9.17, 15) is 0 Å². The zero-order valence-electron chi connectivity index (χ0n) is 10.1. The fraction of sp³-hybridized carbons (Fsp3) is 0.692. The van der Waals surface area contributed by atoms with Gasteiger partial charge < -0.3 is 0 Å². The average Bonchev–Trinajstić information content (AvgIpc) is 2.62. The number of alkyl halides is 1. The smallest absolute Gasteiger partial charge is 0.0757 e. The summed E-state index contributed by atoms with van der Waals surface area (Å²) in [6.45, 7) is 2.25. The first kappa shape index (κ1) is 16.0. The van der Waals surface area contributed by atoms with Gasteiger partial charge in [0.05, 0.1) is 12.9 Å². The summed E-state index contributed by atoms with van der Waals surface area (Å²) in [7, 11) is 0. The maximum atomic E-state index is 6.42. The Hall–Kier alpha value is 0.950. The molecule has 1 heterocycles. The zero-order chi connectivity index (χ0) is 12.7. The molecular weight excluding hydrogens is 383 g/mol. The summed E-state index contributed by atoms with van der Waals surface area (Å²) in [5.74, 6) is 0. The molecule has 0 amide bonds. The van der Waals surface area contributed by atoms with E-state index < -0.39 is 0 Å². The SMILES string of the molecule is CCCCCCCCC(Cl)c1cc(Br)sc1Br. The Morgan fingerprint density at radius 3 is 2.41 bits per heavy atom. The predicted molar refractivity (Wildman–Crippen MR) is 86.3 cm³/mol. The van der Waals surface area contributed by atoms with Gasteiger partial charge in [-0.2, -0.15) is 0 Å². The first-order chi connectivity index (χ1) is 8.15. The predicted octanol–water partition coefficient (Wildman–Crippen LogP) is 7.30. The molecule has 0 bridgehead atoms. The van der Waals surface area contributed by atoms with Gasteiger partial charge in [0.15, 0.2) is 0 Å². The Kier molecular flexibility index (Phi) is 8.43. The van der Waals surface area contributed by atoms with Crippen LogP contribution in [0.2, 0.25) is 0 Å². The van der Waals surface area contributed by atoms with Gasteiger partial charge in [0.2, 0.25) is 0 Å². The molecule has 1 rings (SSSR count). The molecule has 4 heteroatoms. The summed E-state index contributed by atoms with van der Waals surface area (Å²) in [6.07, 6.45) is 9.03. The number of rotatable bonds is 8. The van der Waals surface area contributed by atoms with E-state index >= 15 is 0 Å². The molecule has 1 atom stereocenters. The molecule has 0 radical (unpaired) electrons. The van der Waals surface area contributed by atoms with Gasteiger partial charge >= 0.3 is 0 Å². The van der Waals surface area contributed by atoms with Crippen LogP contribution in [-0.2, 0) is 0 Å². The van der Waals surface area contributed by atoms with Gasteiger partial charge in [-0.05, 0) is 49.9 Å². The highest BCUT2D eigenvalue weighted by Gasteiger charge is 2.14. The van der Waals surface area contributed by atoms with E-state index in [0.29, 0.717) is 0 Å². The lowest BCUT2D eigenvalue weighted by molar-refractivity contribution is 0.584. The third kappa shape index (κ3) is 6.09. The molecule has 98 valence electrons. The van der Waals surface area contributed by atoms with Crippen LogP contribution in [0.1, 0.15) is 62.8 Å². The molecule has 0 aromatic carbocycles. The van der Waals surface area contributed by atoms with Crippen molar-refractivity contribution in [2.45, 2.75) is 57.2 Å². The molecule has 0 spiro atoms. The van der Waals surface area contributed by atoms with E-state index in [-0.39, 0.29) is 5.38 Å². The van der Waals surface area contributed by atoms with Crippen LogP contribution >= 0.6 is 54.8 Å². The normalized spacial score (nSPS) is 12.9. The Labute approximate surface area is 130 Å². The lowest BCUT2D eigenvalue weighted by atomic mass is 10.1. The van der Waals surface area contributed by atoms with Crippen LogP contribution in [0, 0.1) is 0 Å². The highest BCUT2D eigenvalue weighted by molar-refractivity contribution is 9.12. The highest BCUT2D eigenvalue weighted by Crippen LogP contribution is 2.39. The van der Waals surface area contributed by atoms with E-state index in [0.717, 1.165) is 14.0 Å². The van der Waals surface area contributed by atoms with Crippen molar-refractivity contribution in [2.24, 2.45) is 0 Å². The largest absolute Gasteiger partial charge is 0.121 e. The van der Waals surface area contributed by atoms with Crippen molar-refractivity contribution >= 4 is 54.8 Å². The Morgan fingerprint density at radius 1 is 1.18 bits per heavy atom. The molecule has 0 saturated carbocycles. The van der Waals surface area contributed by atoms with Crippen molar-refractivity contribution in [3.8, 4) is 0 Å². The number of thiophene rings is 1. The first-order valence-electron chi connectivity index (χ1n) is 6.24. The topological polar surface area (TPSA) is 0 Å². The molecule has 0 nitrogen and oxygen atoms in total. The number of hydrogen-bond acceptors (Lipinski definition) is 1. The van der Waals surface area contributed by atoms with Crippen LogP contribution in [0.25, 0.3) is 0 Å². The van der Waals surface area contributed by atoms with Crippen molar-refractivity contribution in [3.63, 3.8) is 0 Å². The molecule has 1 aromatic heterocycles. The van der Waals surface area contributed by atoms with Gasteiger partial charge in [0, 0.05) is 0 Å². The molecular formula is C13H19Br2ClS. The minimum atomic E-state index is 0.151. The molecule has 1 aromatic rings. The number of hydrogen-bond donors (Lipinski definition) is 0. The Balaban J connectivity index is 2.21. The first-order valence-corrected chi connectivity index (χ1v) is 9.07. The molecule has 0 aliphatic rings. The molecule has 0 saturated heterocycles. The summed E-state index contributed by atoms with van der Waals surface area (Å²) >= 11 is 15.2. The van der Waals surface area contributed by atoms with Crippen molar-refractivity contribution in [1.82, 2.24) is 0 Å². The Bertz CT molecular complexity index is 325. The van der Waals surface area contributed by atoms with Crippen LogP contribution in [0.4, 0.5) is 0 Å². The summed E-state index contributed by atoms with van der Waals surface area (Å²) in [4.78, 5) is 0. The third-order valence-electron chi connectivity index (χ3n) is 2.83. The molecule has 0 aliphatic heterocycles. The van der Waals surface area contributed by atoms with Gasteiger partial charge in [-0.25, -0.2) is 0 Å². The molecule has 0 aliphatic carbocycles. The van der Waals surface area contributed by atoms with Gasteiger partial charge in [-0.1, -0.05) is 45.4 Å². The van der Waals surface area contributed by atoms with E-state index in [1.54, 1.807) is 11.3 Å². The fourth-order valence-corrected chi connectivity index (χ4v) is 5.32. The lowest BCUT2D eigenvalue weighted by Gasteiger charge is -2.08. The summed E-state index contributed by atoms with van der Waals surface area (Å²) in [5.41, 5.74) is 1.23. The average molecular weight is 403 g/mol. The van der Waals surface area contributed by atoms with Crippen LogP contribution in [-0.4, -0.2) is 0 Å². The van der Waals surface area contributed by atoms with Gasteiger partial charge in [0.25, 0.3) is 0 Å². The van der Waals surface area contributed by atoms with Crippen LogP contribution in [0.15, 0.2) is 13.6 Å². The summed E-state index contributed by atoms with van der Waals surface area (Å²) < 4.78 is 2.31. The second-order valence-electron chi connectivity index (χ2n) is 4.30. The quantitative estimate of drug-likeness (QED) is 0.316. The third-order valence-corrected chi connectivity index (χ3v) is 5.67. The Morgan fingerprint density at radius 2 is 1.82 bits per heavy atom. The van der Waals surface area contributed by atoms with E-state index in [1.165, 1.54) is 44.1 Å². The van der Waals surface area contributed by atoms with Gasteiger partial charge in [-0.3, -0.25) is 0 Å². The van der Waals surface area contributed by atoms with E-state index in [2.05, 4.69) is 44.8 Å². The fourth-order valence-electron chi connectivity index (χ4n) is 1.83.